The van der Waals surface area contributed by atoms with Crippen LogP contribution in [0.1, 0.15) is 19.3 Å². The van der Waals surface area contributed by atoms with E-state index < -0.39 is 11.9 Å². The van der Waals surface area contributed by atoms with Crippen LogP contribution in [0.5, 0.6) is 0 Å². The van der Waals surface area contributed by atoms with Gasteiger partial charge in [-0.05, 0) is 40.4 Å². The molecule has 0 saturated carbocycles. The highest BCUT2D eigenvalue weighted by Crippen LogP contribution is 2.18. The number of carbonyl (C=O) groups is 2. The molecule has 0 spiro atoms. The minimum Gasteiger partial charge on any atom is -0.458 e. The standard InChI is InChI=1S/C17H32N4O3/c1-18(2)7-4-14-24-17(23)16(22)21-8-5-15(6-9-21)20-12-10-19(3)11-13-20/h15H,4-14H2,1-3H3. The zero-order chi connectivity index (χ0) is 17.5. The van der Waals surface area contributed by atoms with Gasteiger partial charge < -0.3 is 19.4 Å². The molecular weight excluding hydrogens is 308 g/mol. The third-order valence-electron chi connectivity index (χ3n) is 4.96. The molecule has 1 amide bonds. The van der Waals surface area contributed by atoms with E-state index in [0.29, 0.717) is 25.7 Å². The molecule has 0 bridgehead atoms. The van der Waals surface area contributed by atoms with Crippen molar-refractivity contribution in [2.24, 2.45) is 0 Å². The fourth-order valence-corrected chi connectivity index (χ4v) is 3.36. The molecule has 0 atom stereocenters. The summed E-state index contributed by atoms with van der Waals surface area (Å²) in [4.78, 5) is 32.6. The maximum absolute atomic E-state index is 12.2. The highest BCUT2D eigenvalue weighted by molar-refractivity contribution is 6.32. The van der Waals surface area contributed by atoms with Crippen LogP contribution in [0.2, 0.25) is 0 Å². The molecular formula is C17H32N4O3. The van der Waals surface area contributed by atoms with Crippen LogP contribution in [0.15, 0.2) is 0 Å². The minimum atomic E-state index is -0.702. The number of likely N-dealkylation sites (tertiary alicyclic amines) is 1. The van der Waals surface area contributed by atoms with Gasteiger partial charge >= 0.3 is 11.9 Å². The molecule has 0 unspecified atom stereocenters. The molecule has 2 rings (SSSR count). The quantitative estimate of drug-likeness (QED) is 0.390. The van der Waals surface area contributed by atoms with Gasteiger partial charge in [-0.3, -0.25) is 9.69 Å². The van der Waals surface area contributed by atoms with E-state index >= 15 is 0 Å². The summed E-state index contributed by atoms with van der Waals surface area (Å²) in [6.07, 6.45) is 2.64. The number of rotatable bonds is 5. The van der Waals surface area contributed by atoms with E-state index in [0.717, 1.165) is 52.0 Å². The summed E-state index contributed by atoms with van der Waals surface area (Å²) < 4.78 is 5.09. The summed E-state index contributed by atoms with van der Waals surface area (Å²) >= 11 is 0. The summed E-state index contributed by atoms with van der Waals surface area (Å²) in [5, 5.41) is 0. The van der Waals surface area contributed by atoms with Crippen LogP contribution < -0.4 is 0 Å². The maximum atomic E-state index is 12.2. The Morgan fingerprint density at radius 2 is 1.67 bits per heavy atom. The Labute approximate surface area is 145 Å². The Bertz CT molecular complexity index is 414. The van der Waals surface area contributed by atoms with Crippen molar-refractivity contribution >= 4 is 11.9 Å². The van der Waals surface area contributed by atoms with E-state index in [-0.39, 0.29) is 0 Å². The highest BCUT2D eigenvalue weighted by atomic mass is 16.5. The molecule has 0 aromatic heterocycles. The van der Waals surface area contributed by atoms with Crippen LogP contribution in [-0.2, 0) is 14.3 Å². The Hall–Kier alpha value is -1.18. The normalized spacial score (nSPS) is 21.2. The summed E-state index contributed by atoms with van der Waals surface area (Å²) in [5.41, 5.74) is 0. The molecule has 138 valence electrons. The van der Waals surface area contributed by atoms with Crippen molar-refractivity contribution in [3.8, 4) is 0 Å². The number of ether oxygens (including phenoxy) is 1. The Morgan fingerprint density at radius 3 is 2.25 bits per heavy atom. The third-order valence-corrected chi connectivity index (χ3v) is 4.96. The van der Waals surface area contributed by atoms with Gasteiger partial charge in [0.15, 0.2) is 0 Å². The molecule has 2 heterocycles. The topological polar surface area (TPSA) is 56.3 Å². The van der Waals surface area contributed by atoms with Crippen molar-refractivity contribution in [1.29, 1.82) is 0 Å². The van der Waals surface area contributed by atoms with Gasteiger partial charge in [0.05, 0.1) is 6.61 Å². The Kier molecular flexibility index (Phi) is 7.45. The van der Waals surface area contributed by atoms with Crippen LogP contribution in [-0.4, -0.2) is 111 Å². The molecule has 2 fully saturated rings. The summed E-state index contributed by atoms with van der Waals surface area (Å²) in [7, 11) is 6.09. The largest absolute Gasteiger partial charge is 0.458 e. The van der Waals surface area contributed by atoms with Crippen LogP contribution >= 0.6 is 0 Å². The molecule has 0 aliphatic carbocycles. The first kappa shape index (κ1) is 19.1. The van der Waals surface area contributed by atoms with Crippen molar-refractivity contribution < 1.29 is 14.3 Å². The van der Waals surface area contributed by atoms with Crippen molar-refractivity contribution in [2.45, 2.75) is 25.3 Å². The van der Waals surface area contributed by atoms with Gasteiger partial charge in [0.1, 0.15) is 0 Å². The van der Waals surface area contributed by atoms with Crippen molar-refractivity contribution in [3.05, 3.63) is 0 Å². The van der Waals surface area contributed by atoms with E-state index in [4.69, 9.17) is 4.74 Å². The second-order valence-electron chi connectivity index (χ2n) is 7.16. The van der Waals surface area contributed by atoms with Gasteiger partial charge in [0.2, 0.25) is 0 Å². The lowest BCUT2D eigenvalue weighted by molar-refractivity contribution is -0.161. The lowest BCUT2D eigenvalue weighted by atomic mass is 10.0. The zero-order valence-corrected chi connectivity index (χ0v) is 15.4. The van der Waals surface area contributed by atoms with E-state index in [1.165, 1.54) is 0 Å². The lowest BCUT2D eigenvalue weighted by Gasteiger charge is -2.41. The SMILES string of the molecule is CN(C)CCCOC(=O)C(=O)N1CCC(N2CCN(C)CC2)CC1. The van der Waals surface area contributed by atoms with Crippen LogP contribution in [0.25, 0.3) is 0 Å². The van der Waals surface area contributed by atoms with E-state index in [9.17, 15) is 9.59 Å². The van der Waals surface area contributed by atoms with Gasteiger partial charge in [0, 0.05) is 51.9 Å². The smallest absolute Gasteiger partial charge is 0.397 e. The molecule has 0 aromatic carbocycles. The molecule has 7 heteroatoms. The second-order valence-corrected chi connectivity index (χ2v) is 7.16. The van der Waals surface area contributed by atoms with Crippen molar-refractivity contribution in [3.63, 3.8) is 0 Å². The molecule has 0 N–H and O–H groups in total. The molecule has 24 heavy (non-hydrogen) atoms. The van der Waals surface area contributed by atoms with E-state index in [2.05, 4.69) is 16.8 Å². The number of esters is 1. The first-order valence-corrected chi connectivity index (χ1v) is 9.00. The van der Waals surface area contributed by atoms with Gasteiger partial charge in [0.25, 0.3) is 0 Å². The average Bonchev–Trinajstić information content (AvgIpc) is 2.58. The summed E-state index contributed by atoms with van der Waals surface area (Å²) in [6.45, 7) is 6.88. The number of carbonyl (C=O) groups excluding carboxylic acids is 2. The Morgan fingerprint density at radius 1 is 1.04 bits per heavy atom. The first-order chi connectivity index (χ1) is 11.5. The lowest BCUT2D eigenvalue weighted by Crippen LogP contribution is -2.53. The highest BCUT2D eigenvalue weighted by Gasteiger charge is 2.31. The molecule has 7 nitrogen and oxygen atoms in total. The monoisotopic (exact) mass is 340 g/mol. The fraction of sp³-hybridized carbons (Fsp3) is 0.882. The maximum Gasteiger partial charge on any atom is 0.397 e. The van der Waals surface area contributed by atoms with Gasteiger partial charge in [-0.25, -0.2) is 4.79 Å². The zero-order valence-electron chi connectivity index (χ0n) is 15.4. The number of nitrogens with zero attached hydrogens (tertiary/aromatic N) is 4. The van der Waals surface area contributed by atoms with Crippen LogP contribution in [0.4, 0.5) is 0 Å². The first-order valence-electron chi connectivity index (χ1n) is 9.00. The number of hydrogen-bond donors (Lipinski definition) is 0. The van der Waals surface area contributed by atoms with Gasteiger partial charge in [-0.2, -0.15) is 0 Å². The minimum absolute atomic E-state index is 0.306. The number of likely N-dealkylation sites (N-methyl/N-ethyl adjacent to an activating group) is 1. The van der Waals surface area contributed by atoms with E-state index in [1.807, 2.05) is 19.0 Å². The molecule has 2 saturated heterocycles. The van der Waals surface area contributed by atoms with E-state index in [1.54, 1.807) is 4.90 Å². The number of piperazine rings is 1. The summed E-state index contributed by atoms with van der Waals surface area (Å²) in [5.74, 6) is -1.18. The number of piperidine rings is 1. The fourth-order valence-electron chi connectivity index (χ4n) is 3.36. The number of hydrogen-bond acceptors (Lipinski definition) is 6. The van der Waals surface area contributed by atoms with Crippen molar-refractivity contribution in [1.82, 2.24) is 19.6 Å². The van der Waals surface area contributed by atoms with Crippen LogP contribution in [0, 0.1) is 0 Å². The summed E-state index contributed by atoms with van der Waals surface area (Å²) in [6, 6.07) is 0.541. The average molecular weight is 340 g/mol. The van der Waals surface area contributed by atoms with Gasteiger partial charge in [-0.15, -0.1) is 0 Å². The Balaban J connectivity index is 1.67. The predicted molar refractivity (Wildman–Crippen MR) is 92.8 cm³/mol. The molecule has 2 aliphatic heterocycles. The second kappa shape index (κ2) is 9.34. The van der Waals surface area contributed by atoms with Crippen LogP contribution in [0.3, 0.4) is 0 Å². The predicted octanol–water partition coefficient (Wildman–Crippen LogP) is -0.280. The molecule has 2 aliphatic rings. The molecule has 0 aromatic rings. The number of amides is 1. The third kappa shape index (κ3) is 5.72. The van der Waals surface area contributed by atoms with Crippen molar-refractivity contribution in [2.75, 3.05) is 73.6 Å². The van der Waals surface area contributed by atoms with Gasteiger partial charge in [-0.1, -0.05) is 0 Å². The molecule has 0 radical (unpaired) electrons.